The molecule has 1 N–H and O–H groups in total. The maximum absolute atomic E-state index is 13.8. The lowest BCUT2D eigenvalue weighted by atomic mass is 10.3. The van der Waals surface area contributed by atoms with Crippen LogP contribution in [-0.2, 0) is 0 Å². The van der Waals surface area contributed by atoms with Crippen LogP contribution in [0, 0.1) is 12.7 Å². The summed E-state index contributed by atoms with van der Waals surface area (Å²) in [7, 11) is 0. The first-order valence-electron chi connectivity index (χ1n) is 5.77. The number of aliphatic hydroxyl groups excluding tert-OH is 1. The summed E-state index contributed by atoms with van der Waals surface area (Å²) in [6.45, 7) is 5.59. The number of aromatic nitrogens is 2. The predicted molar refractivity (Wildman–Crippen MR) is 62.5 cm³/mol. The average molecular weight is 240 g/mol. The predicted octanol–water partition coefficient (Wildman–Crippen LogP) is 0.0384. The molecule has 0 bridgehead atoms. The molecule has 17 heavy (non-hydrogen) atoms. The van der Waals surface area contributed by atoms with Gasteiger partial charge in [0.2, 0.25) is 0 Å². The number of β-amino-alcohol motifs (C(OH)–C–C–N with tert-alkyl or cyclic N) is 1. The minimum atomic E-state index is -0.330. The van der Waals surface area contributed by atoms with Crippen molar-refractivity contribution in [1.29, 1.82) is 0 Å². The van der Waals surface area contributed by atoms with Gasteiger partial charge in [0.25, 0.3) is 0 Å². The fourth-order valence-electron chi connectivity index (χ4n) is 1.99. The lowest BCUT2D eigenvalue weighted by Crippen LogP contribution is -2.47. The molecule has 0 aliphatic carbocycles. The van der Waals surface area contributed by atoms with Crippen LogP contribution in [0.4, 0.5) is 10.2 Å². The lowest BCUT2D eigenvalue weighted by Gasteiger charge is -2.35. The summed E-state index contributed by atoms with van der Waals surface area (Å²) in [4.78, 5) is 11.9. The minimum absolute atomic E-state index is 0.168. The Balaban J connectivity index is 2.03. The molecule has 0 amide bonds. The normalized spacial score (nSPS) is 17.5. The van der Waals surface area contributed by atoms with E-state index in [2.05, 4.69) is 14.9 Å². The van der Waals surface area contributed by atoms with E-state index in [9.17, 15) is 4.39 Å². The van der Waals surface area contributed by atoms with Crippen molar-refractivity contribution < 1.29 is 9.50 Å². The van der Waals surface area contributed by atoms with Crippen molar-refractivity contribution in [2.24, 2.45) is 0 Å². The molecule has 0 unspecified atom stereocenters. The second-order valence-electron chi connectivity index (χ2n) is 4.15. The zero-order valence-corrected chi connectivity index (χ0v) is 9.93. The number of piperazine rings is 1. The molecule has 1 aromatic heterocycles. The topological polar surface area (TPSA) is 52.5 Å². The molecular formula is C11H17FN4O. The highest BCUT2D eigenvalue weighted by Crippen LogP contribution is 2.18. The van der Waals surface area contributed by atoms with Gasteiger partial charge in [0.1, 0.15) is 6.33 Å². The standard InChI is InChI=1S/C11H17FN4O/c1-9-10(12)11(14-8-13-9)16-4-2-15(3-5-16)6-7-17/h8,17H,2-7H2,1H3. The highest BCUT2D eigenvalue weighted by molar-refractivity contribution is 5.41. The maximum Gasteiger partial charge on any atom is 0.186 e. The minimum Gasteiger partial charge on any atom is -0.395 e. The molecule has 0 aromatic carbocycles. The maximum atomic E-state index is 13.8. The van der Waals surface area contributed by atoms with Crippen LogP contribution in [0.3, 0.4) is 0 Å². The molecule has 0 spiro atoms. The van der Waals surface area contributed by atoms with Gasteiger partial charge in [0.05, 0.1) is 12.3 Å². The Bertz CT molecular complexity index is 380. The third kappa shape index (κ3) is 2.70. The number of anilines is 1. The largest absolute Gasteiger partial charge is 0.395 e. The lowest BCUT2D eigenvalue weighted by molar-refractivity contribution is 0.188. The van der Waals surface area contributed by atoms with Crippen molar-refractivity contribution in [3.63, 3.8) is 0 Å². The highest BCUT2D eigenvalue weighted by Gasteiger charge is 2.20. The van der Waals surface area contributed by atoms with Gasteiger partial charge in [-0.2, -0.15) is 0 Å². The molecule has 1 fully saturated rings. The molecule has 0 saturated carbocycles. The van der Waals surface area contributed by atoms with Gasteiger partial charge in [-0.05, 0) is 6.92 Å². The fourth-order valence-corrected chi connectivity index (χ4v) is 1.99. The molecule has 5 nitrogen and oxygen atoms in total. The molecular weight excluding hydrogens is 223 g/mol. The molecule has 1 saturated heterocycles. The van der Waals surface area contributed by atoms with Gasteiger partial charge in [0.15, 0.2) is 11.6 Å². The molecule has 1 aliphatic heterocycles. The number of hydrogen-bond acceptors (Lipinski definition) is 5. The third-order valence-corrected chi connectivity index (χ3v) is 3.03. The molecule has 2 heterocycles. The van der Waals surface area contributed by atoms with E-state index in [0.717, 1.165) is 26.2 Å². The number of halogens is 1. The number of aryl methyl sites for hydroxylation is 1. The van der Waals surface area contributed by atoms with Crippen molar-refractivity contribution in [2.75, 3.05) is 44.2 Å². The van der Waals surface area contributed by atoms with E-state index >= 15 is 0 Å². The van der Waals surface area contributed by atoms with E-state index in [0.29, 0.717) is 18.1 Å². The van der Waals surface area contributed by atoms with Gasteiger partial charge in [-0.25, -0.2) is 14.4 Å². The molecule has 0 atom stereocenters. The summed E-state index contributed by atoms with van der Waals surface area (Å²) >= 11 is 0. The SMILES string of the molecule is Cc1ncnc(N2CCN(CCO)CC2)c1F. The first-order chi connectivity index (χ1) is 8.22. The van der Waals surface area contributed by atoms with E-state index in [1.165, 1.54) is 6.33 Å². The summed E-state index contributed by atoms with van der Waals surface area (Å²) in [6, 6.07) is 0. The summed E-state index contributed by atoms with van der Waals surface area (Å²) in [5, 5.41) is 8.85. The van der Waals surface area contributed by atoms with Crippen LogP contribution in [0.25, 0.3) is 0 Å². The van der Waals surface area contributed by atoms with Gasteiger partial charge in [0, 0.05) is 32.7 Å². The van der Waals surface area contributed by atoms with Crippen LogP contribution < -0.4 is 4.90 Å². The number of hydrogen-bond donors (Lipinski definition) is 1. The summed E-state index contributed by atoms with van der Waals surface area (Å²) in [5.74, 6) is 0.0595. The van der Waals surface area contributed by atoms with E-state index in [1.807, 2.05) is 4.90 Å². The zero-order valence-electron chi connectivity index (χ0n) is 9.93. The first kappa shape index (κ1) is 12.2. The van der Waals surface area contributed by atoms with Crippen LogP contribution in [0.15, 0.2) is 6.33 Å². The van der Waals surface area contributed by atoms with Crippen molar-refractivity contribution in [3.8, 4) is 0 Å². The third-order valence-electron chi connectivity index (χ3n) is 3.03. The Hall–Kier alpha value is -1.27. The van der Waals surface area contributed by atoms with E-state index in [1.54, 1.807) is 6.92 Å². The number of aliphatic hydroxyl groups is 1. The van der Waals surface area contributed by atoms with Crippen molar-refractivity contribution in [1.82, 2.24) is 14.9 Å². The Morgan fingerprint density at radius 3 is 2.65 bits per heavy atom. The molecule has 2 rings (SSSR count). The molecule has 94 valence electrons. The van der Waals surface area contributed by atoms with Crippen LogP contribution >= 0.6 is 0 Å². The molecule has 0 radical (unpaired) electrons. The monoisotopic (exact) mass is 240 g/mol. The fraction of sp³-hybridized carbons (Fsp3) is 0.636. The smallest absolute Gasteiger partial charge is 0.186 e. The molecule has 6 heteroatoms. The summed E-state index contributed by atoms with van der Waals surface area (Å²) in [5.41, 5.74) is 0.382. The van der Waals surface area contributed by atoms with Gasteiger partial charge >= 0.3 is 0 Å². The first-order valence-corrected chi connectivity index (χ1v) is 5.77. The Kier molecular flexibility index (Phi) is 3.86. The molecule has 1 aliphatic rings. The van der Waals surface area contributed by atoms with Crippen molar-refractivity contribution in [2.45, 2.75) is 6.92 Å². The Labute approximate surface area is 99.9 Å². The molecule has 1 aromatic rings. The summed E-state index contributed by atoms with van der Waals surface area (Å²) < 4.78 is 13.8. The van der Waals surface area contributed by atoms with Crippen molar-refractivity contribution in [3.05, 3.63) is 17.8 Å². The van der Waals surface area contributed by atoms with Gasteiger partial charge in [-0.15, -0.1) is 0 Å². The number of rotatable bonds is 3. The number of nitrogens with zero attached hydrogens (tertiary/aromatic N) is 4. The Morgan fingerprint density at radius 1 is 1.29 bits per heavy atom. The van der Waals surface area contributed by atoms with Crippen LogP contribution in [0.5, 0.6) is 0 Å². The van der Waals surface area contributed by atoms with E-state index in [4.69, 9.17) is 5.11 Å². The highest BCUT2D eigenvalue weighted by atomic mass is 19.1. The van der Waals surface area contributed by atoms with Crippen LogP contribution in [-0.4, -0.2) is 59.3 Å². The summed E-state index contributed by atoms with van der Waals surface area (Å²) in [6.07, 6.45) is 1.40. The van der Waals surface area contributed by atoms with Crippen LogP contribution in [0.1, 0.15) is 5.69 Å². The van der Waals surface area contributed by atoms with Crippen molar-refractivity contribution >= 4 is 5.82 Å². The van der Waals surface area contributed by atoms with E-state index < -0.39 is 0 Å². The quantitative estimate of drug-likeness (QED) is 0.808. The zero-order chi connectivity index (χ0) is 12.3. The van der Waals surface area contributed by atoms with Gasteiger partial charge in [-0.3, -0.25) is 4.90 Å². The van der Waals surface area contributed by atoms with Crippen LogP contribution in [0.2, 0.25) is 0 Å². The Morgan fingerprint density at radius 2 is 2.00 bits per heavy atom. The van der Waals surface area contributed by atoms with E-state index in [-0.39, 0.29) is 12.4 Å². The van der Waals surface area contributed by atoms with Gasteiger partial charge in [-0.1, -0.05) is 0 Å². The van der Waals surface area contributed by atoms with Gasteiger partial charge < -0.3 is 10.0 Å². The second-order valence-corrected chi connectivity index (χ2v) is 4.15. The average Bonchev–Trinajstić information content (AvgIpc) is 2.34. The second kappa shape index (κ2) is 5.37.